The van der Waals surface area contributed by atoms with Gasteiger partial charge in [-0.05, 0) is 17.7 Å². The summed E-state index contributed by atoms with van der Waals surface area (Å²) in [6.07, 6.45) is 3.00. The van der Waals surface area contributed by atoms with Crippen LogP contribution in [0.2, 0.25) is 5.02 Å². The Bertz CT molecular complexity index is 733. The molecule has 0 aliphatic carbocycles. The van der Waals surface area contributed by atoms with Crippen LogP contribution < -0.4 is 0 Å². The van der Waals surface area contributed by atoms with Crippen LogP contribution in [0.15, 0.2) is 40.5 Å². The Morgan fingerprint density at radius 2 is 2.24 bits per heavy atom. The summed E-state index contributed by atoms with van der Waals surface area (Å²) >= 11 is 7.08. The summed E-state index contributed by atoms with van der Waals surface area (Å²) in [7, 11) is 0. The van der Waals surface area contributed by atoms with Crippen LogP contribution >= 0.6 is 23.4 Å². The summed E-state index contributed by atoms with van der Waals surface area (Å²) in [6, 6.07) is 4.58. The van der Waals surface area contributed by atoms with Gasteiger partial charge in [-0.2, -0.15) is 5.10 Å². The van der Waals surface area contributed by atoms with E-state index in [0.717, 1.165) is 5.56 Å². The van der Waals surface area contributed by atoms with Gasteiger partial charge in [-0.25, -0.2) is 14.1 Å². The fourth-order valence-electron chi connectivity index (χ4n) is 1.59. The van der Waals surface area contributed by atoms with Crippen molar-refractivity contribution in [3.8, 4) is 0 Å². The normalized spacial score (nSPS) is 11.0. The molecule has 2 aromatic heterocycles. The van der Waals surface area contributed by atoms with Gasteiger partial charge in [0.2, 0.25) is 5.89 Å². The topological polar surface area (TPSA) is 69.6 Å². The molecule has 1 aromatic carbocycles. The maximum atomic E-state index is 13.1. The zero-order valence-corrected chi connectivity index (χ0v) is 12.2. The Morgan fingerprint density at radius 1 is 1.33 bits per heavy atom. The van der Waals surface area contributed by atoms with Gasteiger partial charge in [0.05, 0.1) is 5.02 Å². The number of thioether (sulfide) groups is 1. The Balaban J connectivity index is 1.60. The largest absolute Gasteiger partial charge is 0.414 e. The Morgan fingerprint density at radius 3 is 3.00 bits per heavy atom. The Kier molecular flexibility index (Phi) is 4.16. The van der Waals surface area contributed by atoms with Crippen LogP contribution in [-0.2, 0) is 12.3 Å². The second-order valence-electron chi connectivity index (χ2n) is 4.09. The molecule has 2 heterocycles. The molecule has 0 spiro atoms. The molecular formula is C12H9ClFN5OS. The number of nitrogens with zero attached hydrogens (tertiary/aromatic N) is 5. The van der Waals surface area contributed by atoms with Crippen molar-refractivity contribution in [2.75, 3.05) is 0 Å². The van der Waals surface area contributed by atoms with Crippen molar-refractivity contribution < 1.29 is 8.81 Å². The molecule has 0 radical (unpaired) electrons. The third-order valence-electron chi connectivity index (χ3n) is 2.56. The molecule has 9 heteroatoms. The van der Waals surface area contributed by atoms with E-state index in [4.69, 9.17) is 16.0 Å². The molecule has 0 N–H and O–H groups in total. The summed E-state index contributed by atoms with van der Waals surface area (Å²) in [5, 5.41) is 12.3. The van der Waals surface area contributed by atoms with Crippen molar-refractivity contribution in [2.45, 2.75) is 17.5 Å². The molecule has 0 fully saturated rings. The van der Waals surface area contributed by atoms with Crippen LogP contribution in [0.1, 0.15) is 11.5 Å². The van der Waals surface area contributed by atoms with Crippen LogP contribution in [0.3, 0.4) is 0 Å². The van der Waals surface area contributed by atoms with Crippen molar-refractivity contribution in [1.82, 2.24) is 25.0 Å². The Labute approximate surface area is 128 Å². The number of benzene rings is 1. The van der Waals surface area contributed by atoms with Crippen molar-refractivity contribution in [3.63, 3.8) is 0 Å². The highest BCUT2D eigenvalue weighted by molar-refractivity contribution is 7.98. The third kappa shape index (κ3) is 3.59. The first-order valence-corrected chi connectivity index (χ1v) is 7.28. The molecule has 0 atom stereocenters. The second-order valence-corrected chi connectivity index (χ2v) is 5.43. The van der Waals surface area contributed by atoms with E-state index in [9.17, 15) is 4.39 Å². The molecule has 108 valence electrons. The van der Waals surface area contributed by atoms with Gasteiger partial charge in [-0.15, -0.1) is 10.2 Å². The average molecular weight is 326 g/mol. The Hall–Kier alpha value is -1.93. The van der Waals surface area contributed by atoms with E-state index in [1.54, 1.807) is 23.1 Å². The van der Waals surface area contributed by atoms with E-state index in [2.05, 4.69) is 20.3 Å². The summed E-state index contributed by atoms with van der Waals surface area (Å²) in [4.78, 5) is 3.83. The third-order valence-corrected chi connectivity index (χ3v) is 3.74. The SMILES string of the molecule is Fc1ccc(CSc2nnc(Cn3cncn3)o2)cc1Cl. The first-order chi connectivity index (χ1) is 10.2. The fraction of sp³-hybridized carbons (Fsp3) is 0.167. The van der Waals surface area contributed by atoms with Crippen LogP contribution in [0.5, 0.6) is 0 Å². The summed E-state index contributed by atoms with van der Waals surface area (Å²) in [5.41, 5.74) is 0.877. The summed E-state index contributed by atoms with van der Waals surface area (Å²) in [5.74, 6) is 0.573. The molecule has 0 saturated heterocycles. The molecular weight excluding hydrogens is 317 g/mol. The lowest BCUT2D eigenvalue weighted by atomic mass is 10.2. The quantitative estimate of drug-likeness (QED) is 0.672. The minimum absolute atomic E-state index is 0.102. The van der Waals surface area contributed by atoms with E-state index in [1.807, 2.05) is 0 Å². The zero-order valence-electron chi connectivity index (χ0n) is 10.6. The van der Waals surface area contributed by atoms with Crippen LogP contribution in [0, 0.1) is 5.82 Å². The highest BCUT2D eigenvalue weighted by Crippen LogP contribution is 2.24. The molecule has 0 amide bonds. The monoisotopic (exact) mass is 325 g/mol. The van der Waals surface area contributed by atoms with Crippen molar-refractivity contribution >= 4 is 23.4 Å². The minimum Gasteiger partial charge on any atom is -0.414 e. The molecule has 3 aromatic rings. The summed E-state index contributed by atoms with van der Waals surface area (Å²) in [6.45, 7) is 0.371. The second kappa shape index (κ2) is 6.23. The van der Waals surface area contributed by atoms with Gasteiger partial charge in [0.25, 0.3) is 5.22 Å². The molecule has 6 nitrogen and oxygen atoms in total. The predicted octanol–water partition coefficient (Wildman–Crippen LogP) is 2.79. The smallest absolute Gasteiger partial charge is 0.276 e. The number of hydrogen-bond donors (Lipinski definition) is 0. The van der Waals surface area contributed by atoms with Gasteiger partial charge >= 0.3 is 0 Å². The molecule has 0 bridgehead atoms. The van der Waals surface area contributed by atoms with E-state index in [-0.39, 0.29) is 5.02 Å². The number of halogens is 2. The van der Waals surface area contributed by atoms with E-state index in [1.165, 1.54) is 24.2 Å². The zero-order chi connectivity index (χ0) is 14.7. The van der Waals surface area contributed by atoms with Crippen LogP contribution in [0.4, 0.5) is 4.39 Å². The number of rotatable bonds is 5. The average Bonchev–Trinajstić information content (AvgIpc) is 3.13. The van der Waals surface area contributed by atoms with E-state index in [0.29, 0.717) is 23.4 Å². The maximum absolute atomic E-state index is 13.1. The minimum atomic E-state index is -0.432. The highest BCUT2D eigenvalue weighted by Gasteiger charge is 2.09. The molecule has 0 aliphatic rings. The number of hydrogen-bond acceptors (Lipinski definition) is 6. The number of aromatic nitrogens is 5. The lowest BCUT2D eigenvalue weighted by molar-refractivity contribution is 0.397. The molecule has 0 aliphatic heterocycles. The van der Waals surface area contributed by atoms with Crippen molar-refractivity contribution in [2.24, 2.45) is 0 Å². The van der Waals surface area contributed by atoms with Gasteiger partial charge in [0.15, 0.2) is 0 Å². The standard InChI is InChI=1S/C12H9ClFN5OS/c13-9-3-8(1-2-10(9)14)5-21-12-18-17-11(20-12)4-19-7-15-6-16-19/h1-3,6-7H,4-5H2. The van der Waals surface area contributed by atoms with Crippen LogP contribution in [-0.4, -0.2) is 25.0 Å². The summed E-state index contributed by atoms with van der Waals surface area (Å²) < 4.78 is 20.1. The van der Waals surface area contributed by atoms with Crippen molar-refractivity contribution in [3.05, 3.63) is 53.1 Å². The van der Waals surface area contributed by atoms with Crippen LogP contribution in [0.25, 0.3) is 0 Å². The maximum Gasteiger partial charge on any atom is 0.276 e. The van der Waals surface area contributed by atoms with Gasteiger partial charge in [-0.3, -0.25) is 0 Å². The first-order valence-electron chi connectivity index (χ1n) is 5.92. The predicted molar refractivity (Wildman–Crippen MR) is 74.4 cm³/mol. The van der Waals surface area contributed by atoms with E-state index >= 15 is 0 Å². The molecule has 0 saturated carbocycles. The van der Waals surface area contributed by atoms with Gasteiger partial charge in [0, 0.05) is 5.75 Å². The van der Waals surface area contributed by atoms with E-state index < -0.39 is 5.82 Å². The lowest BCUT2D eigenvalue weighted by Crippen LogP contribution is -1.99. The van der Waals surface area contributed by atoms with Crippen molar-refractivity contribution in [1.29, 1.82) is 0 Å². The van der Waals surface area contributed by atoms with Gasteiger partial charge in [0.1, 0.15) is 25.0 Å². The molecule has 3 rings (SSSR count). The first kappa shape index (κ1) is 14.0. The van der Waals surface area contributed by atoms with Gasteiger partial charge in [-0.1, -0.05) is 29.4 Å². The van der Waals surface area contributed by atoms with Gasteiger partial charge < -0.3 is 4.42 Å². The highest BCUT2D eigenvalue weighted by atomic mass is 35.5. The molecule has 0 unspecified atom stereocenters. The fourth-order valence-corrected chi connectivity index (χ4v) is 2.51. The molecule has 21 heavy (non-hydrogen) atoms. The lowest BCUT2D eigenvalue weighted by Gasteiger charge is -2.00.